The van der Waals surface area contributed by atoms with E-state index in [1.807, 2.05) is 26.0 Å². The van der Waals surface area contributed by atoms with Gasteiger partial charge in [0.1, 0.15) is 12.4 Å². The van der Waals surface area contributed by atoms with Gasteiger partial charge in [0.2, 0.25) is 0 Å². The second-order valence-electron chi connectivity index (χ2n) is 4.04. The molecule has 1 aromatic heterocycles. The van der Waals surface area contributed by atoms with Gasteiger partial charge in [-0.15, -0.1) is 0 Å². The Labute approximate surface area is 105 Å². The number of benzene rings is 1. The minimum Gasteiger partial charge on any atom is -0.486 e. The molecule has 0 aliphatic carbocycles. The van der Waals surface area contributed by atoms with Crippen molar-refractivity contribution in [2.75, 3.05) is 0 Å². The molecule has 0 saturated carbocycles. The van der Waals surface area contributed by atoms with E-state index >= 15 is 0 Å². The highest BCUT2D eigenvalue weighted by molar-refractivity contribution is 6.30. The molecule has 2 rings (SSSR count). The molecule has 0 fully saturated rings. The van der Waals surface area contributed by atoms with E-state index in [4.69, 9.17) is 16.3 Å². The van der Waals surface area contributed by atoms with Gasteiger partial charge in [-0.2, -0.15) is 5.10 Å². The van der Waals surface area contributed by atoms with Crippen molar-refractivity contribution in [2.45, 2.75) is 26.4 Å². The fourth-order valence-corrected chi connectivity index (χ4v) is 1.52. The second kappa shape index (κ2) is 5.19. The first-order valence-electron chi connectivity index (χ1n) is 5.44. The average molecular weight is 252 g/mol. The Kier molecular flexibility index (Phi) is 3.64. The number of nitrogens with one attached hydrogen (secondary N) is 1. The van der Waals surface area contributed by atoms with Crippen molar-refractivity contribution in [1.82, 2.24) is 15.2 Å². The Morgan fingerprint density at radius 3 is 2.88 bits per heavy atom. The van der Waals surface area contributed by atoms with Crippen molar-refractivity contribution in [3.8, 4) is 5.75 Å². The van der Waals surface area contributed by atoms with Crippen LogP contribution in [0.2, 0.25) is 5.02 Å². The molecule has 0 bridgehead atoms. The molecular formula is C12H14ClN3O. The van der Waals surface area contributed by atoms with Crippen LogP contribution < -0.4 is 4.74 Å². The van der Waals surface area contributed by atoms with Crippen LogP contribution in [0.1, 0.15) is 31.4 Å². The quantitative estimate of drug-likeness (QED) is 0.908. The predicted octanol–water partition coefficient (Wildman–Crippen LogP) is 3.16. The highest BCUT2D eigenvalue weighted by Crippen LogP contribution is 2.18. The zero-order valence-electron chi connectivity index (χ0n) is 9.77. The Hall–Kier alpha value is -1.55. The number of aromatic amines is 1. The monoisotopic (exact) mass is 251 g/mol. The van der Waals surface area contributed by atoms with Crippen LogP contribution in [0.25, 0.3) is 0 Å². The molecule has 0 aliphatic heterocycles. The molecule has 0 spiro atoms. The fraction of sp³-hybridized carbons (Fsp3) is 0.333. The van der Waals surface area contributed by atoms with Crippen LogP contribution in [0.15, 0.2) is 24.3 Å². The number of ether oxygens (including phenoxy) is 1. The summed E-state index contributed by atoms with van der Waals surface area (Å²) < 4.78 is 5.55. The summed E-state index contributed by atoms with van der Waals surface area (Å²) >= 11 is 5.86. The Bertz CT molecular complexity index is 496. The third kappa shape index (κ3) is 3.20. The summed E-state index contributed by atoms with van der Waals surface area (Å²) in [4.78, 5) is 4.32. The molecule has 0 saturated heterocycles. The summed E-state index contributed by atoms with van der Waals surface area (Å²) in [6.07, 6.45) is 0. The van der Waals surface area contributed by atoms with Gasteiger partial charge < -0.3 is 4.74 Å². The largest absolute Gasteiger partial charge is 0.486 e. The minimum absolute atomic E-state index is 0.311. The number of rotatable bonds is 4. The summed E-state index contributed by atoms with van der Waals surface area (Å²) in [5.41, 5.74) is 0. The van der Waals surface area contributed by atoms with Crippen LogP contribution in [0.5, 0.6) is 5.75 Å². The molecule has 0 amide bonds. The predicted molar refractivity (Wildman–Crippen MR) is 66.3 cm³/mol. The Morgan fingerprint density at radius 1 is 1.41 bits per heavy atom. The zero-order valence-corrected chi connectivity index (χ0v) is 10.5. The maximum atomic E-state index is 5.86. The first kappa shape index (κ1) is 11.9. The van der Waals surface area contributed by atoms with Gasteiger partial charge in [-0.25, -0.2) is 4.98 Å². The molecule has 5 heteroatoms. The lowest BCUT2D eigenvalue weighted by Crippen LogP contribution is -1.98. The molecule has 1 heterocycles. The highest BCUT2D eigenvalue weighted by atomic mass is 35.5. The molecule has 4 nitrogen and oxygen atoms in total. The fourth-order valence-electron chi connectivity index (χ4n) is 1.34. The van der Waals surface area contributed by atoms with Crippen molar-refractivity contribution in [2.24, 2.45) is 0 Å². The van der Waals surface area contributed by atoms with E-state index in [1.54, 1.807) is 12.1 Å². The Morgan fingerprint density at radius 2 is 2.24 bits per heavy atom. The summed E-state index contributed by atoms with van der Waals surface area (Å²) in [5.74, 6) is 2.55. The SMILES string of the molecule is CC(C)c1n[nH]c(COc2cccc(Cl)c2)n1. The topological polar surface area (TPSA) is 50.8 Å². The van der Waals surface area contributed by atoms with E-state index in [-0.39, 0.29) is 0 Å². The van der Waals surface area contributed by atoms with Gasteiger partial charge in [0.05, 0.1) is 0 Å². The molecular weight excluding hydrogens is 238 g/mol. The maximum Gasteiger partial charge on any atom is 0.162 e. The van der Waals surface area contributed by atoms with Crippen molar-refractivity contribution < 1.29 is 4.74 Å². The summed E-state index contributed by atoms with van der Waals surface area (Å²) in [6, 6.07) is 7.27. The van der Waals surface area contributed by atoms with Gasteiger partial charge in [0, 0.05) is 10.9 Å². The van der Waals surface area contributed by atoms with Crippen LogP contribution in [-0.4, -0.2) is 15.2 Å². The number of aromatic nitrogens is 3. The summed E-state index contributed by atoms with van der Waals surface area (Å²) in [5, 5.41) is 7.61. The second-order valence-corrected chi connectivity index (χ2v) is 4.48. The van der Waals surface area contributed by atoms with E-state index < -0.39 is 0 Å². The van der Waals surface area contributed by atoms with Crippen LogP contribution in [0.3, 0.4) is 0 Å². The normalized spacial score (nSPS) is 10.8. The zero-order chi connectivity index (χ0) is 12.3. The van der Waals surface area contributed by atoms with Crippen LogP contribution >= 0.6 is 11.6 Å². The standard InChI is InChI=1S/C12H14ClN3O/c1-8(2)12-14-11(15-16-12)7-17-10-5-3-4-9(13)6-10/h3-6,8H,7H2,1-2H3,(H,14,15,16). The third-order valence-electron chi connectivity index (χ3n) is 2.24. The summed E-state index contributed by atoms with van der Waals surface area (Å²) in [6.45, 7) is 4.45. The number of halogens is 1. The lowest BCUT2D eigenvalue weighted by Gasteiger charge is -2.03. The van der Waals surface area contributed by atoms with Crippen LogP contribution in [0.4, 0.5) is 0 Å². The van der Waals surface area contributed by atoms with Crippen molar-refractivity contribution >= 4 is 11.6 Å². The molecule has 2 aromatic rings. The van der Waals surface area contributed by atoms with Gasteiger partial charge in [-0.3, -0.25) is 5.10 Å². The van der Waals surface area contributed by atoms with Gasteiger partial charge >= 0.3 is 0 Å². The van der Waals surface area contributed by atoms with E-state index in [0.29, 0.717) is 23.4 Å². The van der Waals surface area contributed by atoms with Crippen LogP contribution in [0, 0.1) is 0 Å². The number of hydrogen-bond acceptors (Lipinski definition) is 3. The lowest BCUT2D eigenvalue weighted by molar-refractivity contribution is 0.296. The van der Waals surface area contributed by atoms with E-state index in [1.165, 1.54) is 0 Å². The lowest BCUT2D eigenvalue weighted by atomic mass is 10.2. The Balaban J connectivity index is 1.97. The van der Waals surface area contributed by atoms with Gasteiger partial charge in [0.15, 0.2) is 11.6 Å². The van der Waals surface area contributed by atoms with Gasteiger partial charge in [-0.05, 0) is 18.2 Å². The number of H-pyrrole nitrogens is 1. The molecule has 1 N–H and O–H groups in total. The highest BCUT2D eigenvalue weighted by Gasteiger charge is 2.07. The third-order valence-corrected chi connectivity index (χ3v) is 2.47. The molecule has 0 radical (unpaired) electrons. The molecule has 0 aliphatic rings. The molecule has 1 aromatic carbocycles. The first-order chi connectivity index (χ1) is 8.15. The van der Waals surface area contributed by atoms with E-state index in [0.717, 1.165) is 11.6 Å². The van der Waals surface area contributed by atoms with Crippen molar-refractivity contribution in [3.05, 3.63) is 40.9 Å². The molecule has 0 atom stereocenters. The molecule has 0 unspecified atom stereocenters. The first-order valence-corrected chi connectivity index (χ1v) is 5.82. The summed E-state index contributed by atoms with van der Waals surface area (Å²) in [7, 11) is 0. The molecule has 17 heavy (non-hydrogen) atoms. The number of hydrogen-bond donors (Lipinski definition) is 1. The molecule has 90 valence electrons. The van der Waals surface area contributed by atoms with Crippen LogP contribution in [-0.2, 0) is 6.61 Å². The van der Waals surface area contributed by atoms with E-state index in [2.05, 4.69) is 15.2 Å². The van der Waals surface area contributed by atoms with Crippen molar-refractivity contribution in [1.29, 1.82) is 0 Å². The van der Waals surface area contributed by atoms with Gasteiger partial charge in [-0.1, -0.05) is 31.5 Å². The number of nitrogens with zero attached hydrogens (tertiary/aromatic N) is 2. The van der Waals surface area contributed by atoms with Gasteiger partial charge in [0.25, 0.3) is 0 Å². The smallest absolute Gasteiger partial charge is 0.162 e. The maximum absolute atomic E-state index is 5.86. The minimum atomic E-state index is 0.311. The average Bonchev–Trinajstić information content (AvgIpc) is 2.75. The van der Waals surface area contributed by atoms with E-state index in [9.17, 15) is 0 Å². The van der Waals surface area contributed by atoms with Crippen molar-refractivity contribution in [3.63, 3.8) is 0 Å².